The number of fused-ring (bicyclic) bond motifs is 3. The molecule has 0 aliphatic carbocycles. The largest absolute Gasteiger partial charge is 0.497 e. The maximum Gasteiger partial charge on any atom is 0.240 e. The van der Waals surface area contributed by atoms with Crippen LogP contribution in [0.2, 0.25) is 0 Å². The van der Waals surface area contributed by atoms with Gasteiger partial charge in [0.05, 0.1) is 12.0 Å². The molecule has 5 nitrogen and oxygen atoms in total. The number of hydrogen-bond donors (Lipinski definition) is 1. The predicted octanol–water partition coefficient (Wildman–Crippen LogP) is 1.32. The van der Waals surface area contributed by atoms with Crippen LogP contribution in [0.4, 0.5) is 0 Å². The molecule has 1 aromatic carbocycles. The van der Waals surface area contributed by atoms with Crippen molar-refractivity contribution >= 4 is 10.0 Å². The van der Waals surface area contributed by atoms with Crippen molar-refractivity contribution in [3.05, 3.63) is 24.3 Å². The maximum atomic E-state index is 12.4. The van der Waals surface area contributed by atoms with E-state index in [1.807, 2.05) is 0 Å². The van der Waals surface area contributed by atoms with Gasteiger partial charge in [-0.25, -0.2) is 13.1 Å². The summed E-state index contributed by atoms with van der Waals surface area (Å²) in [6.07, 6.45) is 7.67. The average molecular weight is 334 g/mol. The van der Waals surface area contributed by atoms with Crippen molar-refractivity contribution in [3.63, 3.8) is 0 Å². The third-order valence-electron chi connectivity index (χ3n) is 4.97. The highest BCUT2D eigenvalue weighted by atomic mass is 32.2. The second-order valence-corrected chi connectivity index (χ2v) is 8.00. The summed E-state index contributed by atoms with van der Waals surface area (Å²) in [5, 5.41) is 0. The third kappa shape index (κ3) is 3.37. The molecule has 124 valence electrons. The Balaban J connectivity index is 1.62. The molecule has 2 bridgehead atoms. The summed E-state index contributed by atoms with van der Waals surface area (Å²) in [5.41, 5.74) is 0. The molecule has 4 atom stereocenters. The summed E-state index contributed by atoms with van der Waals surface area (Å²) >= 11 is 0. The summed E-state index contributed by atoms with van der Waals surface area (Å²) in [5.74, 6) is 4.36. The number of terminal acetylenes is 1. The number of benzene rings is 1. The molecule has 0 amide bonds. The van der Waals surface area contributed by atoms with Crippen molar-refractivity contribution in [3.8, 4) is 18.1 Å². The van der Waals surface area contributed by atoms with Crippen LogP contribution in [0.25, 0.3) is 0 Å². The minimum Gasteiger partial charge on any atom is -0.497 e. The molecule has 3 fully saturated rings. The van der Waals surface area contributed by atoms with E-state index in [0.29, 0.717) is 24.1 Å². The molecule has 0 aromatic heterocycles. The number of ether oxygens (including phenoxy) is 1. The van der Waals surface area contributed by atoms with E-state index in [1.54, 1.807) is 31.4 Å². The lowest BCUT2D eigenvalue weighted by molar-refractivity contribution is 0.0251. The summed E-state index contributed by atoms with van der Waals surface area (Å²) in [7, 11) is -1.94. The lowest BCUT2D eigenvalue weighted by atomic mass is 9.76. The fraction of sp³-hybridized carbons (Fsp3) is 0.529. The molecular formula is C17H22N2O3S. The van der Waals surface area contributed by atoms with Crippen LogP contribution < -0.4 is 9.46 Å². The van der Waals surface area contributed by atoms with Crippen LogP contribution in [-0.4, -0.2) is 46.1 Å². The summed E-state index contributed by atoms with van der Waals surface area (Å²) in [4.78, 5) is 2.58. The van der Waals surface area contributed by atoms with E-state index in [-0.39, 0.29) is 10.9 Å². The van der Waals surface area contributed by atoms with Crippen LogP contribution in [0.15, 0.2) is 29.2 Å². The topological polar surface area (TPSA) is 58.6 Å². The second kappa shape index (κ2) is 6.52. The van der Waals surface area contributed by atoms with E-state index in [0.717, 1.165) is 25.9 Å². The zero-order valence-electron chi connectivity index (χ0n) is 13.2. The van der Waals surface area contributed by atoms with Crippen molar-refractivity contribution in [1.29, 1.82) is 0 Å². The van der Waals surface area contributed by atoms with Gasteiger partial charge < -0.3 is 4.74 Å². The number of methoxy groups -OCH3 is 1. The Kier molecular flexibility index (Phi) is 4.62. The minimum atomic E-state index is -3.49. The van der Waals surface area contributed by atoms with Gasteiger partial charge in [-0.3, -0.25) is 4.90 Å². The molecule has 3 aliphatic heterocycles. The normalized spacial score (nSPS) is 29.9. The first-order valence-corrected chi connectivity index (χ1v) is 9.35. The Hall–Kier alpha value is -1.55. The molecule has 3 aliphatic rings. The minimum absolute atomic E-state index is 0.242. The SMILES string of the molecule is C#C[C@H]1CN2CC[C@@H]1C[C@@H]2CNS(=O)(=O)c1ccc(OC)cc1. The molecule has 4 rings (SSSR count). The molecule has 0 saturated carbocycles. The molecule has 1 N–H and O–H groups in total. The highest BCUT2D eigenvalue weighted by Gasteiger charge is 2.39. The standard InChI is InChI=1S/C17H22N2O3S/c1-3-13-12-19-9-8-14(13)10-15(19)11-18-23(20,21)17-6-4-16(22-2)5-7-17/h1,4-7,13-15,18H,8-12H2,2H3/t13-,14+,15+/m0/s1. The molecule has 3 saturated heterocycles. The van der Waals surface area contributed by atoms with Gasteiger partial charge in [-0.15, -0.1) is 12.3 Å². The Morgan fingerprint density at radius 3 is 2.70 bits per heavy atom. The summed E-state index contributed by atoms with van der Waals surface area (Å²) < 4.78 is 32.6. The van der Waals surface area contributed by atoms with Gasteiger partial charge >= 0.3 is 0 Å². The van der Waals surface area contributed by atoms with Crippen molar-refractivity contribution < 1.29 is 13.2 Å². The van der Waals surface area contributed by atoms with Crippen LogP contribution in [0.3, 0.4) is 0 Å². The van der Waals surface area contributed by atoms with E-state index in [9.17, 15) is 8.42 Å². The first kappa shape index (κ1) is 16.3. The fourth-order valence-electron chi connectivity index (χ4n) is 3.58. The van der Waals surface area contributed by atoms with Gasteiger partial charge in [0.2, 0.25) is 10.0 Å². The Bertz CT molecular complexity index is 694. The maximum absolute atomic E-state index is 12.4. The number of nitrogens with zero attached hydrogens (tertiary/aromatic N) is 1. The van der Waals surface area contributed by atoms with Crippen LogP contribution >= 0.6 is 0 Å². The van der Waals surface area contributed by atoms with Crippen molar-refractivity contribution in [2.24, 2.45) is 11.8 Å². The lowest BCUT2D eigenvalue weighted by Crippen LogP contribution is -2.56. The molecular weight excluding hydrogens is 312 g/mol. The zero-order valence-corrected chi connectivity index (χ0v) is 14.1. The molecule has 1 unspecified atom stereocenters. The van der Waals surface area contributed by atoms with Gasteiger partial charge in [0, 0.05) is 25.0 Å². The van der Waals surface area contributed by atoms with Gasteiger partial charge in [0.15, 0.2) is 0 Å². The quantitative estimate of drug-likeness (QED) is 0.825. The average Bonchev–Trinajstić information content (AvgIpc) is 2.60. The van der Waals surface area contributed by atoms with E-state index in [2.05, 4.69) is 15.5 Å². The van der Waals surface area contributed by atoms with Crippen LogP contribution in [-0.2, 0) is 10.0 Å². The van der Waals surface area contributed by atoms with Crippen LogP contribution in [0.5, 0.6) is 5.75 Å². The first-order chi connectivity index (χ1) is 11.0. The molecule has 0 spiro atoms. The summed E-state index contributed by atoms with van der Waals surface area (Å²) in [6, 6.07) is 6.66. The lowest BCUT2D eigenvalue weighted by Gasteiger charge is -2.48. The predicted molar refractivity (Wildman–Crippen MR) is 88.6 cm³/mol. The second-order valence-electron chi connectivity index (χ2n) is 6.23. The van der Waals surface area contributed by atoms with Crippen LogP contribution in [0.1, 0.15) is 12.8 Å². The third-order valence-corrected chi connectivity index (χ3v) is 6.41. The van der Waals surface area contributed by atoms with Gasteiger partial charge in [0.1, 0.15) is 5.75 Å². The smallest absolute Gasteiger partial charge is 0.240 e. The van der Waals surface area contributed by atoms with E-state index < -0.39 is 10.0 Å². The number of hydrogen-bond acceptors (Lipinski definition) is 4. The van der Waals surface area contributed by atoms with Gasteiger partial charge in [0.25, 0.3) is 0 Å². The van der Waals surface area contributed by atoms with Crippen LogP contribution in [0, 0.1) is 24.2 Å². The van der Waals surface area contributed by atoms with Gasteiger partial charge in [-0.1, -0.05) is 0 Å². The van der Waals surface area contributed by atoms with Crippen molar-refractivity contribution in [2.45, 2.75) is 23.8 Å². The van der Waals surface area contributed by atoms with E-state index in [4.69, 9.17) is 11.2 Å². The first-order valence-electron chi connectivity index (χ1n) is 7.87. The van der Waals surface area contributed by atoms with Gasteiger partial charge in [-0.2, -0.15) is 0 Å². The molecule has 6 heteroatoms. The Morgan fingerprint density at radius 2 is 2.13 bits per heavy atom. The Labute approximate surface area is 138 Å². The number of nitrogens with one attached hydrogen (secondary N) is 1. The van der Waals surface area contributed by atoms with E-state index >= 15 is 0 Å². The van der Waals surface area contributed by atoms with Crippen molar-refractivity contribution in [2.75, 3.05) is 26.7 Å². The van der Waals surface area contributed by atoms with Crippen molar-refractivity contribution in [1.82, 2.24) is 9.62 Å². The number of rotatable bonds is 5. The van der Waals surface area contributed by atoms with E-state index in [1.165, 1.54) is 0 Å². The highest BCUT2D eigenvalue weighted by Crippen LogP contribution is 2.35. The molecule has 3 heterocycles. The Morgan fingerprint density at radius 1 is 1.39 bits per heavy atom. The summed E-state index contributed by atoms with van der Waals surface area (Å²) in [6.45, 7) is 2.33. The fourth-order valence-corrected chi connectivity index (χ4v) is 4.66. The zero-order chi connectivity index (χ0) is 16.4. The molecule has 0 radical (unpaired) electrons. The monoisotopic (exact) mass is 334 g/mol. The molecule has 23 heavy (non-hydrogen) atoms. The van der Waals surface area contributed by atoms with Gasteiger partial charge in [-0.05, 0) is 49.6 Å². The molecule has 1 aromatic rings. The number of sulfonamides is 1. The highest BCUT2D eigenvalue weighted by molar-refractivity contribution is 7.89. The number of piperidine rings is 3.